The molecule has 1 atom stereocenters. The standard InChI is InChI=1S/C14H26N4O/c1-4-18-13(16-11-17-18)10-12(15-3)14(19-5-2)8-6-7-9-14/h11-12,15H,4-10H2,1-3H3. The molecule has 1 aliphatic carbocycles. The number of hydrogen-bond donors (Lipinski definition) is 1. The van der Waals surface area contributed by atoms with Gasteiger partial charge in [-0.05, 0) is 33.7 Å². The highest BCUT2D eigenvalue weighted by Gasteiger charge is 2.41. The van der Waals surface area contributed by atoms with Crippen LogP contribution < -0.4 is 5.32 Å². The van der Waals surface area contributed by atoms with Crippen molar-refractivity contribution in [2.24, 2.45) is 0 Å². The minimum atomic E-state index is -0.0198. The number of ether oxygens (including phenoxy) is 1. The minimum Gasteiger partial charge on any atom is -0.374 e. The lowest BCUT2D eigenvalue weighted by Gasteiger charge is -2.37. The number of aryl methyl sites for hydroxylation is 1. The maximum absolute atomic E-state index is 6.15. The molecule has 1 aromatic heterocycles. The van der Waals surface area contributed by atoms with Gasteiger partial charge in [-0.3, -0.25) is 4.68 Å². The zero-order chi connectivity index (χ0) is 13.7. The van der Waals surface area contributed by atoms with E-state index in [0.29, 0.717) is 6.04 Å². The van der Waals surface area contributed by atoms with E-state index in [1.807, 2.05) is 11.7 Å². The third kappa shape index (κ3) is 2.98. The van der Waals surface area contributed by atoms with E-state index in [0.717, 1.165) is 38.2 Å². The number of rotatable bonds is 7. The van der Waals surface area contributed by atoms with Crippen LogP contribution in [-0.2, 0) is 17.7 Å². The van der Waals surface area contributed by atoms with Crippen molar-refractivity contribution in [1.82, 2.24) is 20.1 Å². The van der Waals surface area contributed by atoms with Gasteiger partial charge in [-0.1, -0.05) is 12.8 Å². The van der Waals surface area contributed by atoms with Gasteiger partial charge in [0.1, 0.15) is 12.2 Å². The van der Waals surface area contributed by atoms with Gasteiger partial charge < -0.3 is 10.1 Å². The van der Waals surface area contributed by atoms with Crippen LogP contribution in [0.5, 0.6) is 0 Å². The van der Waals surface area contributed by atoms with Crippen molar-refractivity contribution in [2.75, 3.05) is 13.7 Å². The Bertz CT molecular complexity index is 385. The largest absolute Gasteiger partial charge is 0.374 e. The fraction of sp³-hybridized carbons (Fsp3) is 0.857. The average molecular weight is 266 g/mol. The molecule has 1 heterocycles. The van der Waals surface area contributed by atoms with Crippen LogP contribution in [0.1, 0.15) is 45.4 Å². The van der Waals surface area contributed by atoms with Crippen molar-refractivity contribution >= 4 is 0 Å². The predicted octanol–water partition coefficient (Wildman–Crippen LogP) is 1.78. The third-order valence-electron chi connectivity index (χ3n) is 4.25. The van der Waals surface area contributed by atoms with Crippen LogP contribution in [0.4, 0.5) is 0 Å². The van der Waals surface area contributed by atoms with Crippen LogP contribution in [0.3, 0.4) is 0 Å². The van der Waals surface area contributed by atoms with Crippen molar-refractivity contribution in [2.45, 2.75) is 64.1 Å². The van der Waals surface area contributed by atoms with Crippen LogP contribution >= 0.6 is 0 Å². The van der Waals surface area contributed by atoms with Crippen molar-refractivity contribution in [3.8, 4) is 0 Å². The summed E-state index contributed by atoms with van der Waals surface area (Å²) in [6, 6.07) is 0.310. The van der Waals surface area contributed by atoms with Crippen molar-refractivity contribution in [3.05, 3.63) is 12.2 Å². The zero-order valence-electron chi connectivity index (χ0n) is 12.4. The molecule has 5 heteroatoms. The Morgan fingerprint density at radius 1 is 1.42 bits per heavy atom. The van der Waals surface area contributed by atoms with E-state index < -0.39 is 0 Å². The Kier molecular flexibility index (Phi) is 4.93. The SMILES string of the molecule is CCOC1(C(Cc2ncnn2CC)NC)CCCC1. The monoisotopic (exact) mass is 266 g/mol. The Hall–Kier alpha value is -0.940. The van der Waals surface area contributed by atoms with Crippen LogP contribution in [0.2, 0.25) is 0 Å². The van der Waals surface area contributed by atoms with Crippen molar-refractivity contribution < 1.29 is 4.74 Å². The van der Waals surface area contributed by atoms with Gasteiger partial charge in [0.25, 0.3) is 0 Å². The molecule has 0 radical (unpaired) electrons. The van der Waals surface area contributed by atoms with Gasteiger partial charge in [-0.2, -0.15) is 5.10 Å². The van der Waals surface area contributed by atoms with Gasteiger partial charge in [0.2, 0.25) is 0 Å². The molecule has 1 N–H and O–H groups in total. The molecule has 0 spiro atoms. The fourth-order valence-corrected chi connectivity index (χ4v) is 3.30. The molecule has 0 amide bonds. The molecule has 1 fully saturated rings. The van der Waals surface area contributed by atoms with E-state index in [9.17, 15) is 0 Å². The van der Waals surface area contributed by atoms with Gasteiger partial charge in [0.15, 0.2) is 0 Å². The first-order chi connectivity index (χ1) is 9.25. The fourth-order valence-electron chi connectivity index (χ4n) is 3.30. The molecular formula is C14H26N4O. The summed E-state index contributed by atoms with van der Waals surface area (Å²) in [5.41, 5.74) is -0.0198. The summed E-state index contributed by atoms with van der Waals surface area (Å²) in [6.07, 6.45) is 7.34. The Morgan fingerprint density at radius 3 is 2.74 bits per heavy atom. The Morgan fingerprint density at radius 2 is 2.16 bits per heavy atom. The molecule has 0 aliphatic heterocycles. The lowest BCUT2D eigenvalue weighted by Crippen LogP contribution is -2.51. The van der Waals surface area contributed by atoms with Crippen molar-refractivity contribution in [3.63, 3.8) is 0 Å². The van der Waals surface area contributed by atoms with E-state index in [-0.39, 0.29) is 5.60 Å². The summed E-state index contributed by atoms with van der Waals surface area (Å²) in [4.78, 5) is 4.39. The topological polar surface area (TPSA) is 52.0 Å². The van der Waals surface area contributed by atoms with E-state index in [1.165, 1.54) is 12.8 Å². The predicted molar refractivity (Wildman–Crippen MR) is 75.1 cm³/mol. The smallest absolute Gasteiger partial charge is 0.138 e. The highest BCUT2D eigenvalue weighted by Crippen LogP contribution is 2.37. The molecule has 0 aromatic carbocycles. The number of likely N-dealkylation sites (N-methyl/N-ethyl adjacent to an activating group) is 1. The van der Waals surface area contributed by atoms with E-state index in [1.54, 1.807) is 6.33 Å². The third-order valence-corrected chi connectivity index (χ3v) is 4.25. The maximum atomic E-state index is 6.15. The maximum Gasteiger partial charge on any atom is 0.138 e. The van der Waals surface area contributed by atoms with Gasteiger partial charge in [-0.25, -0.2) is 4.98 Å². The van der Waals surface area contributed by atoms with Gasteiger partial charge in [-0.15, -0.1) is 0 Å². The molecule has 1 unspecified atom stereocenters. The first-order valence-electron chi connectivity index (χ1n) is 7.43. The molecule has 1 aromatic rings. The van der Waals surface area contributed by atoms with Gasteiger partial charge in [0.05, 0.1) is 5.60 Å². The molecule has 2 rings (SSSR count). The highest BCUT2D eigenvalue weighted by atomic mass is 16.5. The molecule has 108 valence electrons. The minimum absolute atomic E-state index is 0.0198. The molecule has 1 saturated carbocycles. The molecule has 19 heavy (non-hydrogen) atoms. The summed E-state index contributed by atoms with van der Waals surface area (Å²) in [6.45, 7) is 5.83. The van der Waals surface area contributed by atoms with Crippen LogP contribution in [0, 0.1) is 0 Å². The molecule has 5 nitrogen and oxygen atoms in total. The summed E-state index contributed by atoms with van der Waals surface area (Å²) in [7, 11) is 2.02. The first-order valence-corrected chi connectivity index (χ1v) is 7.43. The second-order valence-electron chi connectivity index (χ2n) is 5.24. The van der Waals surface area contributed by atoms with E-state index in [4.69, 9.17) is 4.74 Å². The van der Waals surface area contributed by atoms with Gasteiger partial charge in [0, 0.05) is 25.6 Å². The Balaban J connectivity index is 2.14. The zero-order valence-corrected chi connectivity index (χ0v) is 12.4. The number of nitrogens with zero attached hydrogens (tertiary/aromatic N) is 3. The number of nitrogens with one attached hydrogen (secondary N) is 1. The summed E-state index contributed by atoms with van der Waals surface area (Å²) in [5, 5.41) is 7.71. The number of aromatic nitrogens is 3. The summed E-state index contributed by atoms with van der Waals surface area (Å²) < 4.78 is 8.12. The number of hydrogen-bond acceptors (Lipinski definition) is 4. The second-order valence-corrected chi connectivity index (χ2v) is 5.24. The van der Waals surface area contributed by atoms with Crippen LogP contribution in [0.25, 0.3) is 0 Å². The molecular weight excluding hydrogens is 240 g/mol. The highest BCUT2D eigenvalue weighted by molar-refractivity contribution is 5.02. The lowest BCUT2D eigenvalue weighted by molar-refractivity contribution is -0.0602. The van der Waals surface area contributed by atoms with Gasteiger partial charge >= 0.3 is 0 Å². The summed E-state index contributed by atoms with van der Waals surface area (Å²) >= 11 is 0. The van der Waals surface area contributed by atoms with Crippen LogP contribution in [-0.4, -0.2) is 40.1 Å². The normalized spacial score (nSPS) is 19.7. The molecule has 0 saturated heterocycles. The first kappa shape index (κ1) is 14.5. The van der Waals surface area contributed by atoms with Crippen LogP contribution in [0.15, 0.2) is 6.33 Å². The van der Waals surface area contributed by atoms with Crippen molar-refractivity contribution in [1.29, 1.82) is 0 Å². The van der Waals surface area contributed by atoms with E-state index >= 15 is 0 Å². The quantitative estimate of drug-likeness (QED) is 0.817. The average Bonchev–Trinajstić information content (AvgIpc) is 3.05. The molecule has 1 aliphatic rings. The lowest BCUT2D eigenvalue weighted by atomic mass is 9.89. The second kappa shape index (κ2) is 6.48. The summed E-state index contributed by atoms with van der Waals surface area (Å²) in [5.74, 6) is 1.05. The van der Waals surface area contributed by atoms with E-state index in [2.05, 4.69) is 29.2 Å². The Labute approximate surface area is 115 Å². The molecule has 0 bridgehead atoms.